The molecule has 0 radical (unpaired) electrons. The molecule has 0 fully saturated rings. The third-order valence-corrected chi connectivity index (χ3v) is 4.85. The molecule has 1 aliphatic heterocycles. The highest BCUT2D eigenvalue weighted by Gasteiger charge is 2.32. The van der Waals surface area contributed by atoms with Crippen molar-refractivity contribution < 1.29 is 28.7 Å². The van der Waals surface area contributed by atoms with E-state index in [9.17, 15) is 24.0 Å². The Morgan fingerprint density at radius 1 is 1.12 bits per heavy atom. The monoisotopic (exact) mass is 470 g/mol. The molecule has 3 rings (SSSR count). The lowest BCUT2D eigenvalue weighted by molar-refractivity contribution is -0.145. The van der Waals surface area contributed by atoms with Gasteiger partial charge in [-0.25, -0.2) is 9.59 Å². The number of nitrogen functional groups attached to an aromatic ring is 1. The molecule has 1 aromatic carbocycles. The molecule has 0 aliphatic carbocycles. The van der Waals surface area contributed by atoms with Crippen LogP contribution in [0.4, 0.5) is 10.6 Å². The van der Waals surface area contributed by atoms with Gasteiger partial charge in [0.2, 0.25) is 0 Å². The molecule has 1 unspecified atom stereocenters. The molecule has 1 aliphatic rings. The lowest BCUT2D eigenvalue weighted by Crippen LogP contribution is -2.45. The predicted octanol–water partition coefficient (Wildman–Crippen LogP) is 1.30. The van der Waals surface area contributed by atoms with Crippen LogP contribution in [0.1, 0.15) is 54.0 Å². The van der Waals surface area contributed by atoms with Crippen LogP contribution in [-0.4, -0.2) is 46.7 Å². The second kappa shape index (κ2) is 9.38. The van der Waals surface area contributed by atoms with Crippen molar-refractivity contribution in [3.8, 4) is 5.69 Å². The molecule has 0 saturated heterocycles. The Morgan fingerprint density at radius 3 is 2.35 bits per heavy atom. The third kappa shape index (κ3) is 5.25. The molecule has 1 atom stereocenters. The summed E-state index contributed by atoms with van der Waals surface area (Å²) >= 11 is 0. The molecule has 34 heavy (non-hydrogen) atoms. The van der Waals surface area contributed by atoms with Crippen LogP contribution in [0.3, 0.4) is 0 Å². The molecule has 0 spiro atoms. The van der Waals surface area contributed by atoms with Crippen molar-refractivity contribution in [2.75, 3.05) is 12.3 Å². The van der Waals surface area contributed by atoms with Crippen molar-refractivity contribution in [2.24, 2.45) is 0 Å². The number of anilines is 1. The molecule has 1 aromatic heterocycles. The zero-order valence-corrected chi connectivity index (χ0v) is 19.3. The summed E-state index contributed by atoms with van der Waals surface area (Å²) in [6.45, 7) is 6.91. The fourth-order valence-electron chi connectivity index (χ4n) is 3.45. The molecule has 2 aromatic rings. The minimum atomic E-state index is -0.997. The molecule has 2 heterocycles. The van der Waals surface area contributed by atoms with E-state index in [1.165, 1.54) is 0 Å². The van der Waals surface area contributed by atoms with Crippen molar-refractivity contribution in [1.29, 1.82) is 0 Å². The van der Waals surface area contributed by atoms with Crippen LogP contribution in [0, 0.1) is 0 Å². The van der Waals surface area contributed by atoms with Crippen molar-refractivity contribution >= 4 is 29.7 Å². The summed E-state index contributed by atoms with van der Waals surface area (Å²) in [7, 11) is 0. The Balaban J connectivity index is 1.86. The first-order valence-electron chi connectivity index (χ1n) is 10.6. The SMILES string of the molecule is CCOC(=O)C(Cc1ccc(-n2c(N)c3c(cc2=O)C(=O)NC3=O)cc1)NC(=O)OC(C)(C)C. The minimum Gasteiger partial charge on any atom is -0.464 e. The number of nitrogens with one attached hydrogen (secondary N) is 2. The predicted molar refractivity (Wildman–Crippen MR) is 122 cm³/mol. The van der Waals surface area contributed by atoms with Crippen molar-refractivity contribution in [3.05, 3.63) is 57.4 Å². The zero-order valence-electron chi connectivity index (χ0n) is 19.3. The summed E-state index contributed by atoms with van der Waals surface area (Å²) in [5.41, 5.74) is 5.61. The van der Waals surface area contributed by atoms with Crippen LogP contribution < -0.4 is 21.9 Å². The quantitative estimate of drug-likeness (QED) is 0.421. The van der Waals surface area contributed by atoms with Gasteiger partial charge in [0.15, 0.2) is 0 Å². The third-order valence-electron chi connectivity index (χ3n) is 4.85. The molecular weight excluding hydrogens is 444 g/mol. The lowest BCUT2D eigenvalue weighted by atomic mass is 10.1. The number of imide groups is 1. The molecule has 180 valence electrons. The number of amides is 3. The maximum absolute atomic E-state index is 12.6. The van der Waals surface area contributed by atoms with E-state index in [2.05, 4.69) is 10.6 Å². The van der Waals surface area contributed by atoms with Crippen LogP contribution in [0.2, 0.25) is 0 Å². The summed E-state index contributed by atoms with van der Waals surface area (Å²) < 4.78 is 11.4. The van der Waals surface area contributed by atoms with Crippen molar-refractivity contribution in [2.45, 2.75) is 45.8 Å². The number of nitrogens with zero attached hydrogens (tertiary/aromatic N) is 1. The smallest absolute Gasteiger partial charge is 0.408 e. The van der Waals surface area contributed by atoms with Gasteiger partial charge < -0.3 is 20.5 Å². The maximum Gasteiger partial charge on any atom is 0.408 e. The number of aromatic nitrogens is 1. The summed E-state index contributed by atoms with van der Waals surface area (Å²) in [5, 5.41) is 4.63. The molecule has 11 nitrogen and oxygen atoms in total. The van der Waals surface area contributed by atoms with E-state index in [-0.39, 0.29) is 30.0 Å². The van der Waals surface area contributed by atoms with Gasteiger partial charge in [0.1, 0.15) is 17.5 Å². The molecule has 4 N–H and O–H groups in total. The fourth-order valence-corrected chi connectivity index (χ4v) is 3.45. The van der Waals surface area contributed by atoms with Gasteiger partial charge in [-0.05, 0) is 45.4 Å². The Kier molecular flexibility index (Phi) is 6.75. The van der Waals surface area contributed by atoms with Gasteiger partial charge >= 0.3 is 12.1 Å². The van der Waals surface area contributed by atoms with Crippen molar-refractivity contribution in [3.63, 3.8) is 0 Å². The lowest BCUT2D eigenvalue weighted by Gasteiger charge is -2.23. The van der Waals surface area contributed by atoms with E-state index < -0.39 is 41.1 Å². The summed E-state index contributed by atoms with van der Waals surface area (Å²) in [5.74, 6) is -2.12. The van der Waals surface area contributed by atoms with Gasteiger partial charge in [0.05, 0.1) is 23.4 Å². The second-order valence-corrected chi connectivity index (χ2v) is 8.60. The van der Waals surface area contributed by atoms with Crippen LogP contribution in [0.15, 0.2) is 35.1 Å². The fraction of sp³-hybridized carbons (Fsp3) is 0.348. The number of esters is 1. The Hall–Kier alpha value is -4.15. The number of benzene rings is 1. The molecule has 3 amide bonds. The number of carbonyl (C=O) groups excluding carboxylic acids is 4. The summed E-state index contributed by atoms with van der Waals surface area (Å²) in [6, 6.07) is 6.49. The van der Waals surface area contributed by atoms with Gasteiger partial charge in [-0.2, -0.15) is 0 Å². The number of pyridine rings is 1. The van der Waals surface area contributed by atoms with E-state index in [0.29, 0.717) is 11.3 Å². The maximum atomic E-state index is 12.6. The van der Waals surface area contributed by atoms with E-state index >= 15 is 0 Å². The highest BCUT2D eigenvalue weighted by Crippen LogP contribution is 2.23. The molecule has 11 heteroatoms. The average molecular weight is 470 g/mol. The first-order chi connectivity index (χ1) is 15.9. The Labute approximate surface area is 195 Å². The van der Waals surface area contributed by atoms with E-state index in [1.54, 1.807) is 52.0 Å². The van der Waals surface area contributed by atoms with Crippen LogP contribution >= 0.6 is 0 Å². The number of carbonyl (C=O) groups is 4. The Morgan fingerprint density at radius 2 is 1.76 bits per heavy atom. The second-order valence-electron chi connectivity index (χ2n) is 8.60. The van der Waals surface area contributed by atoms with Gasteiger partial charge in [0, 0.05) is 12.5 Å². The first kappa shape index (κ1) is 24.5. The van der Waals surface area contributed by atoms with Crippen LogP contribution in [0.25, 0.3) is 5.69 Å². The molecular formula is C23H26N4O7. The number of nitrogens with two attached hydrogens (primary N) is 1. The van der Waals surface area contributed by atoms with Gasteiger partial charge in [0.25, 0.3) is 17.4 Å². The number of hydrogen-bond donors (Lipinski definition) is 3. The highest BCUT2D eigenvalue weighted by atomic mass is 16.6. The number of fused-ring (bicyclic) bond motifs is 1. The highest BCUT2D eigenvalue weighted by molar-refractivity contribution is 6.23. The zero-order chi connectivity index (χ0) is 25.2. The average Bonchev–Trinajstić information content (AvgIpc) is 3.00. The van der Waals surface area contributed by atoms with Gasteiger partial charge in [-0.3, -0.25) is 24.3 Å². The topological polar surface area (TPSA) is 159 Å². The van der Waals surface area contributed by atoms with Gasteiger partial charge in [-0.15, -0.1) is 0 Å². The van der Waals surface area contributed by atoms with E-state index in [0.717, 1.165) is 10.6 Å². The van der Waals surface area contributed by atoms with Crippen molar-refractivity contribution in [1.82, 2.24) is 15.2 Å². The normalized spacial score (nSPS) is 13.6. The number of rotatable bonds is 6. The summed E-state index contributed by atoms with van der Waals surface area (Å²) in [6.07, 6.45) is -0.656. The first-order valence-corrected chi connectivity index (χ1v) is 10.6. The largest absolute Gasteiger partial charge is 0.464 e. The number of ether oxygens (including phenoxy) is 2. The van der Waals surface area contributed by atoms with Crippen LogP contribution in [0.5, 0.6) is 0 Å². The molecule has 0 bridgehead atoms. The standard InChI is InChI=1S/C23H26N4O7/c1-5-33-21(31)15(25-22(32)34-23(2,3)4)10-12-6-8-13(9-7-12)27-16(28)11-14-17(18(27)24)20(30)26-19(14)29/h6-9,11,15H,5,10,24H2,1-4H3,(H,25,32)(H,26,29,30). The Bertz CT molecular complexity index is 1210. The van der Waals surface area contributed by atoms with E-state index in [1.807, 2.05) is 0 Å². The van der Waals surface area contributed by atoms with Gasteiger partial charge in [-0.1, -0.05) is 12.1 Å². The number of alkyl carbamates (subject to hydrolysis) is 1. The van der Waals surface area contributed by atoms with E-state index in [4.69, 9.17) is 15.2 Å². The molecule has 0 saturated carbocycles. The minimum absolute atomic E-state index is 0.0578. The van der Waals surface area contributed by atoms with Crippen LogP contribution in [-0.2, 0) is 20.7 Å². The number of hydrogen-bond acceptors (Lipinski definition) is 8. The summed E-state index contributed by atoms with van der Waals surface area (Å²) in [4.78, 5) is 61.0.